The molecule has 1 amide bonds. The molecule has 3 rings (SSSR count). The van der Waals surface area contributed by atoms with Crippen LogP contribution in [0.15, 0.2) is 65.4 Å². The Morgan fingerprint density at radius 3 is 2.52 bits per heavy atom. The highest BCUT2D eigenvalue weighted by atomic mass is 35.5. The highest BCUT2D eigenvalue weighted by Crippen LogP contribution is 2.30. The first kappa shape index (κ1) is 17.2. The van der Waals surface area contributed by atoms with Gasteiger partial charge in [-0.3, -0.25) is 9.69 Å². The number of nitrogens with zero attached hydrogens (tertiary/aromatic N) is 2. The van der Waals surface area contributed by atoms with Gasteiger partial charge in [-0.1, -0.05) is 41.4 Å². The lowest BCUT2D eigenvalue weighted by atomic mass is 10.2. The number of hydrogen-bond acceptors (Lipinski definition) is 4. The molecule has 0 atom stereocenters. The molecule has 0 radical (unpaired) electrons. The molecule has 1 aliphatic heterocycles. The number of esters is 1. The third-order valence-corrected chi connectivity index (χ3v) is 3.94. The number of carbonyl (C=O) groups excluding carboxylic acids is 2. The summed E-state index contributed by atoms with van der Waals surface area (Å²) in [6.45, 7) is 1.35. The molecule has 7 heteroatoms. The van der Waals surface area contributed by atoms with Crippen molar-refractivity contribution >= 4 is 46.7 Å². The van der Waals surface area contributed by atoms with Gasteiger partial charge in [0.1, 0.15) is 0 Å². The third-order valence-electron chi connectivity index (χ3n) is 3.40. The summed E-state index contributed by atoms with van der Waals surface area (Å²) >= 11 is 12.0. The van der Waals surface area contributed by atoms with Crippen LogP contribution in [-0.4, -0.2) is 17.8 Å². The van der Waals surface area contributed by atoms with Crippen LogP contribution in [-0.2, 0) is 14.3 Å². The summed E-state index contributed by atoms with van der Waals surface area (Å²) in [4.78, 5) is 29.5. The molecule has 1 aliphatic rings. The Morgan fingerprint density at radius 2 is 1.88 bits per heavy atom. The largest absolute Gasteiger partial charge is 0.402 e. The minimum atomic E-state index is -0.643. The summed E-state index contributed by atoms with van der Waals surface area (Å²) in [6, 6.07) is 13.7. The zero-order chi connectivity index (χ0) is 18.0. The first-order valence-electron chi connectivity index (χ1n) is 7.28. The van der Waals surface area contributed by atoms with Gasteiger partial charge in [0.05, 0.1) is 10.7 Å². The zero-order valence-electron chi connectivity index (χ0n) is 13.1. The molecule has 2 aromatic carbocycles. The van der Waals surface area contributed by atoms with E-state index in [1.54, 1.807) is 24.3 Å². The molecule has 0 bridgehead atoms. The number of rotatable bonds is 3. The Morgan fingerprint density at radius 1 is 1.16 bits per heavy atom. The van der Waals surface area contributed by atoms with Gasteiger partial charge in [0, 0.05) is 23.7 Å². The summed E-state index contributed by atoms with van der Waals surface area (Å²) < 4.78 is 5.18. The number of ether oxygens (including phenoxy) is 1. The maximum atomic E-state index is 12.1. The van der Waals surface area contributed by atoms with Crippen molar-refractivity contribution in [3.05, 3.63) is 76.0 Å². The molecule has 0 aliphatic carbocycles. The monoisotopic (exact) mass is 374 g/mol. The maximum absolute atomic E-state index is 12.1. The van der Waals surface area contributed by atoms with Gasteiger partial charge in [0.25, 0.3) is 0 Å². The van der Waals surface area contributed by atoms with Gasteiger partial charge in [-0.2, -0.15) is 0 Å². The van der Waals surface area contributed by atoms with E-state index in [0.29, 0.717) is 16.3 Å². The SMILES string of the molecule is CC(=O)N(/C=C1\N=C(c2ccccc2)OC1=O)c1ccc(Cl)cc1Cl. The van der Waals surface area contributed by atoms with E-state index in [-0.39, 0.29) is 22.5 Å². The number of benzene rings is 2. The van der Waals surface area contributed by atoms with Crippen molar-refractivity contribution in [3.63, 3.8) is 0 Å². The molecule has 0 N–H and O–H groups in total. The Kier molecular flexibility index (Phi) is 4.88. The second kappa shape index (κ2) is 7.09. The lowest BCUT2D eigenvalue weighted by molar-refractivity contribution is -0.130. The van der Waals surface area contributed by atoms with E-state index >= 15 is 0 Å². The predicted octanol–water partition coefficient (Wildman–Crippen LogP) is 4.19. The second-order valence-electron chi connectivity index (χ2n) is 5.17. The van der Waals surface area contributed by atoms with Crippen LogP contribution in [0, 0.1) is 0 Å². The minimum absolute atomic E-state index is 0.0000646. The standard InChI is InChI=1S/C18H12Cl2N2O3/c1-11(23)22(16-8-7-13(19)9-14(16)20)10-15-18(24)25-17(21-15)12-5-3-2-4-6-12/h2-10H,1H3/b15-10-. The number of halogens is 2. The molecule has 0 saturated carbocycles. The fraction of sp³-hybridized carbons (Fsp3) is 0.0556. The quantitative estimate of drug-likeness (QED) is 0.597. The van der Waals surface area contributed by atoms with Crippen molar-refractivity contribution in [2.24, 2.45) is 4.99 Å². The molecule has 0 spiro atoms. The van der Waals surface area contributed by atoms with Crippen LogP contribution in [0.25, 0.3) is 0 Å². The fourth-order valence-electron chi connectivity index (χ4n) is 2.23. The van der Waals surface area contributed by atoms with E-state index in [0.717, 1.165) is 0 Å². The summed E-state index contributed by atoms with van der Waals surface area (Å²) in [5.41, 5.74) is 1.06. The molecule has 1 heterocycles. The number of hydrogen-bond donors (Lipinski definition) is 0. The molecule has 126 valence electrons. The van der Waals surface area contributed by atoms with Crippen molar-refractivity contribution in [2.45, 2.75) is 6.92 Å². The first-order chi connectivity index (χ1) is 12.0. The van der Waals surface area contributed by atoms with Crippen molar-refractivity contribution in [2.75, 3.05) is 4.90 Å². The fourth-order valence-corrected chi connectivity index (χ4v) is 2.73. The highest BCUT2D eigenvalue weighted by Gasteiger charge is 2.26. The van der Waals surface area contributed by atoms with Crippen molar-refractivity contribution in [3.8, 4) is 0 Å². The summed E-state index contributed by atoms with van der Waals surface area (Å²) in [7, 11) is 0. The topological polar surface area (TPSA) is 59.0 Å². The van der Waals surface area contributed by atoms with Crippen LogP contribution >= 0.6 is 23.2 Å². The molecular weight excluding hydrogens is 363 g/mol. The molecule has 25 heavy (non-hydrogen) atoms. The minimum Gasteiger partial charge on any atom is -0.402 e. The van der Waals surface area contributed by atoms with Gasteiger partial charge in [-0.15, -0.1) is 0 Å². The third kappa shape index (κ3) is 3.73. The molecule has 0 aromatic heterocycles. The summed E-state index contributed by atoms with van der Waals surface area (Å²) in [5.74, 6) is -0.800. The Balaban J connectivity index is 1.99. The van der Waals surface area contributed by atoms with E-state index in [1.165, 1.54) is 24.1 Å². The van der Waals surface area contributed by atoms with Gasteiger partial charge in [0.15, 0.2) is 5.70 Å². The van der Waals surface area contributed by atoms with Gasteiger partial charge in [-0.05, 0) is 30.3 Å². The van der Waals surface area contributed by atoms with Crippen LogP contribution in [0.5, 0.6) is 0 Å². The predicted molar refractivity (Wildman–Crippen MR) is 96.8 cm³/mol. The molecule has 0 saturated heterocycles. The lowest BCUT2D eigenvalue weighted by Gasteiger charge is -2.18. The van der Waals surface area contributed by atoms with Crippen molar-refractivity contribution < 1.29 is 14.3 Å². The Bertz CT molecular complexity index is 908. The highest BCUT2D eigenvalue weighted by molar-refractivity contribution is 6.36. The smallest absolute Gasteiger partial charge is 0.365 e. The van der Waals surface area contributed by atoms with Gasteiger partial charge in [0.2, 0.25) is 11.8 Å². The van der Waals surface area contributed by atoms with Crippen LogP contribution < -0.4 is 4.90 Å². The van der Waals surface area contributed by atoms with E-state index in [2.05, 4.69) is 4.99 Å². The van der Waals surface area contributed by atoms with Crippen molar-refractivity contribution in [1.29, 1.82) is 0 Å². The van der Waals surface area contributed by atoms with Crippen LogP contribution in [0.3, 0.4) is 0 Å². The maximum Gasteiger partial charge on any atom is 0.365 e. The molecule has 5 nitrogen and oxygen atoms in total. The molecule has 0 unspecified atom stereocenters. The zero-order valence-corrected chi connectivity index (χ0v) is 14.6. The number of amides is 1. The average Bonchev–Trinajstić information content (AvgIpc) is 2.95. The van der Waals surface area contributed by atoms with Crippen molar-refractivity contribution in [1.82, 2.24) is 0 Å². The first-order valence-corrected chi connectivity index (χ1v) is 8.04. The van der Waals surface area contributed by atoms with E-state index in [9.17, 15) is 9.59 Å². The number of anilines is 1. The Labute approximate surface area is 154 Å². The Hall–Kier alpha value is -2.63. The summed E-state index contributed by atoms with van der Waals surface area (Å²) in [5, 5.41) is 0.716. The number of carbonyl (C=O) groups is 2. The average molecular weight is 375 g/mol. The van der Waals surface area contributed by atoms with Gasteiger partial charge < -0.3 is 4.74 Å². The number of cyclic esters (lactones) is 1. The molecule has 0 fully saturated rings. The lowest BCUT2D eigenvalue weighted by Crippen LogP contribution is -2.23. The molecule has 2 aromatic rings. The van der Waals surface area contributed by atoms with E-state index in [4.69, 9.17) is 27.9 Å². The normalized spacial score (nSPS) is 15.1. The van der Waals surface area contributed by atoms with Crippen LogP contribution in [0.4, 0.5) is 5.69 Å². The van der Waals surface area contributed by atoms with E-state index in [1.807, 2.05) is 18.2 Å². The van der Waals surface area contributed by atoms with Gasteiger partial charge in [-0.25, -0.2) is 9.79 Å². The summed E-state index contributed by atoms with van der Waals surface area (Å²) in [6.07, 6.45) is 1.30. The number of aliphatic imine (C=N–C) groups is 1. The van der Waals surface area contributed by atoms with Crippen LogP contribution in [0.2, 0.25) is 10.0 Å². The van der Waals surface area contributed by atoms with Crippen LogP contribution in [0.1, 0.15) is 12.5 Å². The van der Waals surface area contributed by atoms with Gasteiger partial charge >= 0.3 is 5.97 Å². The van der Waals surface area contributed by atoms with E-state index < -0.39 is 5.97 Å². The molecular formula is C18H12Cl2N2O3. The second-order valence-corrected chi connectivity index (χ2v) is 6.02.